The molecule has 1 amide bonds. The average Bonchev–Trinajstić information content (AvgIpc) is 2.98. The topological polar surface area (TPSA) is 54.3 Å². The Kier molecular flexibility index (Phi) is 6.25. The van der Waals surface area contributed by atoms with Gasteiger partial charge in [0.1, 0.15) is 11.5 Å². The number of furan rings is 1. The maximum atomic E-state index is 12.2. The van der Waals surface area contributed by atoms with Crippen molar-refractivity contribution in [1.82, 2.24) is 10.6 Å². The molecular weight excluding hydrogens is 312 g/mol. The van der Waals surface area contributed by atoms with Gasteiger partial charge < -0.3 is 9.73 Å². The van der Waals surface area contributed by atoms with E-state index in [4.69, 9.17) is 16.0 Å². The Morgan fingerprint density at radius 2 is 1.91 bits per heavy atom. The van der Waals surface area contributed by atoms with E-state index in [1.54, 1.807) is 0 Å². The predicted molar refractivity (Wildman–Crippen MR) is 92.5 cm³/mol. The third-order valence-electron chi connectivity index (χ3n) is 3.77. The monoisotopic (exact) mass is 334 g/mol. The second-order valence-corrected chi connectivity index (χ2v) is 6.07. The predicted octanol–water partition coefficient (Wildman–Crippen LogP) is 4.16. The highest BCUT2D eigenvalue weighted by molar-refractivity contribution is 6.30. The van der Waals surface area contributed by atoms with Crippen LogP contribution in [0.15, 0.2) is 40.8 Å². The third kappa shape index (κ3) is 5.12. The number of rotatable bonds is 7. The molecule has 4 nitrogen and oxygen atoms in total. The molecule has 0 saturated carbocycles. The largest absolute Gasteiger partial charge is 0.465 e. The van der Waals surface area contributed by atoms with E-state index in [9.17, 15) is 4.79 Å². The lowest BCUT2D eigenvalue weighted by Crippen LogP contribution is -2.37. The first-order valence-electron chi connectivity index (χ1n) is 7.84. The molecule has 2 atom stereocenters. The Labute approximate surface area is 142 Å². The van der Waals surface area contributed by atoms with Gasteiger partial charge >= 0.3 is 0 Å². The summed E-state index contributed by atoms with van der Waals surface area (Å²) in [6.45, 7) is 6.16. The van der Waals surface area contributed by atoms with Crippen molar-refractivity contribution in [3.63, 3.8) is 0 Å². The molecule has 23 heavy (non-hydrogen) atoms. The summed E-state index contributed by atoms with van der Waals surface area (Å²) in [6, 6.07) is 11.4. The number of aryl methyl sites for hydroxylation is 1. The van der Waals surface area contributed by atoms with Crippen molar-refractivity contribution in [3.8, 4) is 0 Å². The second-order valence-electron chi connectivity index (χ2n) is 5.63. The van der Waals surface area contributed by atoms with Gasteiger partial charge in [-0.2, -0.15) is 0 Å². The number of carbonyl (C=O) groups excluding carboxylic acids is 1. The van der Waals surface area contributed by atoms with Gasteiger partial charge in [0.2, 0.25) is 5.91 Å². The SMILES string of the molecule is CCC(NC(=O)CNC(C)c1ccc(C)o1)c1ccc(Cl)cc1. The van der Waals surface area contributed by atoms with Crippen LogP contribution in [0.25, 0.3) is 0 Å². The summed E-state index contributed by atoms with van der Waals surface area (Å²) >= 11 is 5.90. The van der Waals surface area contributed by atoms with Crippen LogP contribution in [0.4, 0.5) is 0 Å². The Morgan fingerprint density at radius 1 is 1.22 bits per heavy atom. The van der Waals surface area contributed by atoms with Gasteiger partial charge in [-0.25, -0.2) is 0 Å². The molecule has 0 aliphatic heterocycles. The molecule has 2 N–H and O–H groups in total. The van der Waals surface area contributed by atoms with Crippen LogP contribution in [-0.2, 0) is 4.79 Å². The molecule has 0 aliphatic rings. The number of nitrogens with one attached hydrogen (secondary N) is 2. The zero-order valence-electron chi connectivity index (χ0n) is 13.7. The number of halogens is 1. The number of amides is 1. The van der Waals surface area contributed by atoms with Crippen molar-refractivity contribution >= 4 is 17.5 Å². The lowest BCUT2D eigenvalue weighted by Gasteiger charge is -2.18. The van der Waals surface area contributed by atoms with Crippen molar-refractivity contribution in [3.05, 3.63) is 58.5 Å². The Hall–Kier alpha value is -1.78. The van der Waals surface area contributed by atoms with Crippen LogP contribution in [0, 0.1) is 6.92 Å². The van der Waals surface area contributed by atoms with E-state index in [-0.39, 0.29) is 24.5 Å². The van der Waals surface area contributed by atoms with Crippen molar-refractivity contribution in [2.24, 2.45) is 0 Å². The molecule has 2 rings (SSSR count). The van der Waals surface area contributed by atoms with E-state index >= 15 is 0 Å². The van der Waals surface area contributed by atoms with Crippen molar-refractivity contribution in [1.29, 1.82) is 0 Å². The summed E-state index contributed by atoms with van der Waals surface area (Å²) in [5, 5.41) is 6.91. The van der Waals surface area contributed by atoms with Gasteiger partial charge in [0, 0.05) is 5.02 Å². The van der Waals surface area contributed by atoms with E-state index in [0.29, 0.717) is 5.02 Å². The number of carbonyl (C=O) groups is 1. The first-order valence-corrected chi connectivity index (χ1v) is 8.22. The van der Waals surface area contributed by atoms with Crippen LogP contribution in [-0.4, -0.2) is 12.5 Å². The summed E-state index contributed by atoms with van der Waals surface area (Å²) < 4.78 is 5.55. The molecule has 0 bridgehead atoms. The molecule has 2 aromatic rings. The van der Waals surface area contributed by atoms with Gasteiger partial charge in [-0.1, -0.05) is 30.7 Å². The van der Waals surface area contributed by atoms with E-state index in [1.807, 2.05) is 57.2 Å². The van der Waals surface area contributed by atoms with Crippen LogP contribution in [0.3, 0.4) is 0 Å². The number of hydrogen-bond acceptors (Lipinski definition) is 3. The number of benzene rings is 1. The molecule has 1 aromatic carbocycles. The summed E-state index contributed by atoms with van der Waals surface area (Å²) in [5.74, 6) is 1.66. The van der Waals surface area contributed by atoms with Crippen molar-refractivity contribution < 1.29 is 9.21 Å². The third-order valence-corrected chi connectivity index (χ3v) is 4.02. The highest BCUT2D eigenvalue weighted by Crippen LogP contribution is 2.19. The molecule has 0 fully saturated rings. The standard InChI is InChI=1S/C18H23ClN2O2/c1-4-16(14-6-8-15(19)9-7-14)21-18(22)11-20-13(3)17-10-5-12(2)23-17/h5-10,13,16,20H,4,11H2,1-3H3,(H,21,22). The minimum atomic E-state index is -0.0399. The van der Waals surface area contributed by atoms with Crippen LogP contribution < -0.4 is 10.6 Å². The van der Waals surface area contributed by atoms with Crippen LogP contribution in [0.1, 0.15) is 49.4 Å². The van der Waals surface area contributed by atoms with E-state index < -0.39 is 0 Å². The molecule has 2 unspecified atom stereocenters. The molecule has 0 radical (unpaired) electrons. The van der Waals surface area contributed by atoms with Crippen LogP contribution in [0.5, 0.6) is 0 Å². The van der Waals surface area contributed by atoms with Crippen molar-refractivity contribution in [2.45, 2.75) is 39.3 Å². The molecule has 0 aliphatic carbocycles. The molecular formula is C18H23ClN2O2. The fourth-order valence-electron chi connectivity index (χ4n) is 2.39. The van der Waals surface area contributed by atoms with Crippen LogP contribution in [0.2, 0.25) is 5.02 Å². The molecule has 0 spiro atoms. The summed E-state index contributed by atoms with van der Waals surface area (Å²) in [7, 11) is 0. The number of hydrogen-bond donors (Lipinski definition) is 2. The van der Waals surface area contributed by atoms with Gasteiger partial charge in [0.15, 0.2) is 0 Å². The quantitative estimate of drug-likeness (QED) is 0.799. The zero-order valence-corrected chi connectivity index (χ0v) is 14.5. The van der Waals surface area contributed by atoms with E-state index in [1.165, 1.54) is 0 Å². The first kappa shape index (κ1) is 17.6. The Morgan fingerprint density at radius 3 is 2.48 bits per heavy atom. The van der Waals surface area contributed by atoms with Crippen LogP contribution >= 0.6 is 11.6 Å². The van der Waals surface area contributed by atoms with Gasteiger partial charge in [0.05, 0.1) is 18.6 Å². The van der Waals surface area contributed by atoms with Gasteiger partial charge in [-0.3, -0.25) is 10.1 Å². The van der Waals surface area contributed by atoms with Crippen molar-refractivity contribution in [2.75, 3.05) is 6.54 Å². The summed E-state index contributed by atoms with van der Waals surface area (Å²) in [4.78, 5) is 12.2. The Balaban J connectivity index is 1.86. The lowest BCUT2D eigenvalue weighted by molar-refractivity contribution is -0.121. The highest BCUT2D eigenvalue weighted by atomic mass is 35.5. The average molecular weight is 335 g/mol. The maximum Gasteiger partial charge on any atom is 0.234 e. The molecule has 5 heteroatoms. The molecule has 1 heterocycles. The molecule has 0 saturated heterocycles. The summed E-state index contributed by atoms with van der Waals surface area (Å²) in [5.41, 5.74) is 1.06. The highest BCUT2D eigenvalue weighted by Gasteiger charge is 2.15. The van der Waals surface area contributed by atoms with Gasteiger partial charge in [-0.05, 0) is 50.1 Å². The normalized spacial score (nSPS) is 13.6. The smallest absolute Gasteiger partial charge is 0.234 e. The molecule has 124 valence electrons. The second kappa shape index (κ2) is 8.18. The van der Waals surface area contributed by atoms with Gasteiger partial charge in [-0.15, -0.1) is 0 Å². The minimum Gasteiger partial charge on any atom is -0.465 e. The maximum absolute atomic E-state index is 12.2. The zero-order chi connectivity index (χ0) is 16.8. The fraction of sp³-hybridized carbons (Fsp3) is 0.389. The molecule has 1 aromatic heterocycles. The summed E-state index contributed by atoms with van der Waals surface area (Å²) in [6.07, 6.45) is 0.820. The Bertz CT molecular complexity index is 637. The minimum absolute atomic E-state index is 0.00921. The lowest BCUT2D eigenvalue weighted by atomic mass is 10.0. The van der Waals surface area contributed by atoms with Gasteiger partial charge in [0.25, 0.3) is 0 Å². The first-order chi connectivity index (χ1) is 11.0. The van der Waals surface area contributed by atoms with E-state index in [0.717, 1.165) is 23.5 Å². The van der Waals surface area contributed by atoms with E-state index in [2.05, 4.69) is 10.6 Å². The fourth-order valence-corrected chi connectivity index (χ4v) is 2.52.